The summed E-state index contributed by atoms with van der Waals surface area (Å²) in [5.74, 6) is 0.115. The fraction of sp³-hybridized carbons (Fsp3) is 0.867. The minimum Gasteiger partial charge on any atom is -0.465 e. The van der Waals surface area contributed by atoms with Crippen molar-refractivity contribution in [1.82, 2.24) is 10.2 Å². The molecule has 0 saturated heterocycles. The predicted molar refractivity (Wildman–Crippen MR) is 80.0 cm³/mol. The molecule has 21 heavy (non-hydrogen) atoms. The predicted octanol–water partition coefficient (Wildman–Crippen LogP) is 1.68. The molecule has 0 aliphatic heterocycles. The fourth-order valence-electron chi connectivity index (χ4n) is 3.26. The van der Waals surface area contributed by atoms with Gasteiger partial charge in [-0.15, -0.1) is 0 Å². The Labute approximate surface area is 126 Å². The highest BCUT2D eigenvalue weighted by molar-refractivity contribution is 5.75. The van der Waals surface area contributed by atoms with E-state index >= 15 is 0 Å². The molecule has 3 N–H and O–H groups in total. The van der Waals surface area contributed by atoms with E-state index in [0.29, 0.717) is 19.3 Å². The van der Waals surface area contributed by atoms with Gasteiger partial charge >= 0.3 is 6.09 Å². The molecular formula is C15H28N2O4. The van der Waals surface area contributed by atoms with Crippen molar-refractivity contribution >= 4 is 12.0 Å². The maximum absolute atomic E-state index is 11.9. The van der Waals surface area contributed by atoms with Gasteiger partial charge in [0.15, 0.2) is 0 Å². The van der Waals surface area contributed by atoms with E-state index in [0.717, 1.165) is 6.42 Å². The van der Waals surface area contributed by atoms with Gasteiger partial charge in [-0.2, -0.15) is 0 Å². The third-order valence-corrected chi connectivity index (χ3v) is 4.66. The lowest BCUT2D eigenvalue weighted by Gasteiger charge is -2.52. The Bertz CT molecular complexity index is 403. The Morgan fingerprint density at radius 3 is 2.29 bits per heavy atom. The normalized spacial score (nSPS) is 29.8. The number of hydrogen-bond donors (Lipinski definition) is 3. The second kappa shape index (κ2) is 6.22. The number of nitrogens with zero attached hydrogens (tertiary/aromatic N) is 1. The summed E-state index contributed by atoms with van der Waals surface area (Å²) in [5, 5.41) is 22.2. The zero-order chi connectivity index (χ0) is 16.4. The average molecular weight is 300 g/mol. The van der Waals surface area contributed by atoms with E-state index in [1.165, 1.54) is 0 Å². The second-order valence-electron chi connectivity index (χ2n) is 7.31. The standard InChI is InChI=1S/C15H28N2O4/c1-14(2,3)15(16-13(20)21)9-10(6-7-11(15)18)8-12(19)17(4)5/h10-11,16,18H,6-9H2,1-5H3,(H,20,21)/t10-,11-,15+/m1/s1. The van der Waals surface area contributed by atoms with Crippen LogP contribution in [0.25, 0.3) is 0 Å². The molecular weight excluding hydrogens is 272 g/mol. The number of aliphatic hydroxyl groups is 1. The lowest BCUT2D eigenvalue weighted by molar-refractivity contribution is -0.131. The molecule has 1 aliphatic carbocycles. The number of hydrogen-bond acceptors (Lipinski definition) is 3. The van der Waals surface area contributed by atoms with Crippen LogP contribution >= 0.6 is 0 Å². The summed E-state index contributed by atoms with van der Waals surface area (Å²) < 4.78 is 0. The van der Waals surface area contributed by atoms with Crippen molar-refractivity contribution in [2.45, 2.75) is 58.1 Å². The number of nitrogens with one attached hydrogen (secondary N) is 1. The van der Waals surface area contributed by atoms with Crippen LogP contribution in [-0.4, -0.2) is 52.9 Å². The Hall–Kier alpha value is -1.30. The summed E-state index contributed by atoms with van der Waals surface area (Å²) in [6.45, 7) is 5.76. The molecule has 1 saturated carbocycles. The van der Waals surface area contributed by atoms with Gasteiger partial charge in [-0.05, 0) is 30.6 Å². The molecule has 2 amide bonds. The summed E-state index contributed by atoms with van der Waals surface area (Å²) in [5.41, 5.74) is -1.36. The smallest absolute Gasteiger partial charge is 0.405 e. The largest absolute Gasteiger partial charge is 0.465 e. The Morgan fingerprint density at radius 1 is 1.29 bits per heavy atom. The van der Waals surface area contributed by atoms with E-state index in [2.05, 4.69) is 5.32 Å². The summed E-state index contributed by atoms with van der Waals surface area (Å²) >= 11 is 0. The Balaban J connectivity index is 2.99. The topological polar surface area (TPSA) is 89.9 Å². The maximum atomic E-state index is 11.9. The van der Waals surface area contributed by atoms with Gasteiger partial charge in [0.25, 0.3) is 0 Å². The molecule has 3 atom stereocenters. The average Bonchev–Trinajstić information content (AvgIpc) is 2.31. The van der Waals surface area contributed by atoms with Crippen LogP contribution in [0.3, 0.4) is 0 Å². The number of carbonyl (C=O) groups is 2. The lowest BCUT2D eigenvalue weighted by Crippen LogP contribution is -2.66. The first kappa shape index (κ1) is 17.8. The van der Waals surface area contributed by atoms with Crippen LogP contribution in [0.1, 0.15) is 46.5 Å². The highest BCUT2D eigenvalue weighted by Crippen LogP contribution is 2.45. The first-order chi connectivity index (χ1) is 9.49. The van der Waals surface area contributed by atoms with Gasteiger partial charge in [0.2, 0.25) is 5.91 Å². The molecule has 0 aromatic carbocycles. The third kappa shape index (κ3) is 3.87. The van der Waals surface area contributed by atoms with Crippen LogP contribution in [0.4, 0.5) is 4.79 Å². The minimum atomic E-state index is -1.14. The van der Waals surface area contributed by atoms with Crippen LogP contribution < -0.4 is 5.32 Å². The van der Waals surface area contributed by atoms with Crippen molar-refractivity contribution in [1.29, 1.82) is 0 Å². The van der Waals surface area contributed by atoms with E-state index in [4.69, 9.17) is 0 Å². The Kier molecular flexibility index (Phi) is 5.25. The van der Waals surface area contributed by atoms with Gasteiger partial charge in [-0.25, -0.2) is 4.79 Å². The van der Waals surface area contributed by atoms with Gasteiger partial charge in [-0.3, -0.25) is 4.79 Å². The third-order valence-electron chi connectivity index (χ3n) is 4.66. The molecule has 0 radical (unpaired) electrons. The molecule has 0 bridgehead atoms. The van der Waals surface area contributed by atoms with Crippen LogP contribution in [0.2, 0.25) is 0 Å². The maximum Gasteiger partial charge on any atom is 0.405 e. The number of carboxylic acid groups (broad SMARTS) is 1. The lowest BCUT2D eigenvalue weighted by atomic mass is 9.61. The molecule has 0 aromatic heterocycles. The molecule has 6 nitrogen and oxygen atoms in total. The summed E-state index contributed by atoms with van der Waals surface area (Å²) in [7, 11) is 3.43. The van der Waals surface area contributed by atoms with E-state index in [9.17, 15) is 19.8 Å². The quantitative estimate of drug-likeness (QED) is 0.739. The van der Waals surface area contributed by atoms with Crippen molar-refractivity contribution in [3.8, 4) is 0 Å². The highest BCUT2D eigenvalue weighted by Gasteiger charge is 2.52. The van der Waals surface area contributed by atoms with Crippen molar-refractivity contribution in [3.05, 3.63) is 0 Å². The van der Waals surface area contributed by atoms with E-state index in [1.807, 2.05) is 20.8 Å². The zero-order valence-electron chi connectivity index (χ0n) is 13.6. The van der Waals surface area contributed by atoms with Crippen molar-refractivity contribution in [3.63, 3.8) is 0 Å². The van der Waals surface area contributed by atoms with Gasteiger partial charge in [0.05, 0.1) is 11.6 Å². The number of aliphatic hydroxyl groups excluding tert-OH is 1. The highest BCUT2D eigenvalue weighted by atomic mass is 16.4. The number of amides is 2. The molecule has 1 fully saturated rings. The van der Waals surface area contributed by atoms with Gasteiger partial charge in [0, 0.05) is 20.5 Å². The van der Waals surface area contributed by atoms with Crippen LogP contribution in [0, 0.1) is 11.3 Å². The first-order valence-electron chi connectivity index (χ1n) is 7.39. The van der Waals surface area contributed by atoms with Gasteiger partial charge in [0.1, 0.15) is 0 Å². The van der Waals surface area contributed by atoms with E-state index in [-0.39, 0.29) is 11.8 Å². The molecule has 1 rings (SSSR count). The molecule has 0 heterocycles. The first-order valence-corrected chi connectivity index (χ1v) is 7.39. The van der Waals surface area contributed by atoms with Crippen molar-refractivity contribution in [2.75, 3.05) is 14.1 Å². The monoisotopic (exact) mass is 300 g/mol. The molecule has 0 aromatic rings. The molecule has 0 spiro atoms. The van der Waals surface area contributed by atoms with E-state index in [1.54, 1.807) is 19.0 Å². The van der Waals surface area contributed by atoms with Crippen molar-refractivity contribution < 1.29 is 19.8 Å². The van der Waals surface area contributed by atoms with Gasteiger partial charge < -0.3 is 20.4 Å². The fourth-order valence-corrected chi connectivity index (χ4v) is 3.26. The minimum absolute atomic E-state index is 0.0366. The van der Waals surface area contributed by atoms with Crippen LogP contribution in [0.5, 0.6) is 0 Å². The van der Waals surface area contributed by atoms with Crippen LogP contribution in [0.15, 0.2) is 0 Å². The summed E-state index contributed by atoms with van der Waals surface area (Å²) in [6, 6.07) is 0. The summed E-state index contributed by atoms with van der Waals surface area (Å²) in [6.07, 6.45) is 0.230. The number of rotatable bonds is 3. The molecule has 122 valence electrons. The van der Waals surface area contributed by atoms with E-state index < -0.39 is 23.2 Å². The van der Waals surface area contributed by atoms with Crippen LogP contribution in [-0.2, 0) is 4.79 Å². The summed E-state index contributed by atoms with van der Waals surface area (Å²) in [4.78, 5) is 24.7. The number of carbonyl (C=O) groups excluding carboxylic acids is 1. The Morgan fingerprint density at radius 2 is 1.86 bits per heavy atom. The second-order valence-corrected chi connectivity index (χ2v) is 7.31. The zero-order valence-corrected chi connectivity index (χ0v) is 13.6. The molecule has 0 unspecified atom stereocenters. The molecule has 1 aliphatic rings. The SMILES string of the molecule is CN(C)C(=O)C[C@H]1CC[C@@H](O)[C@](NC(=O)O)(C(C)(C)C)C1. The van der Waals surface area contributed by atoms with Crippen molar-refractivity contribution in [2.24, 2.45) is 11.3 Å². The van der Waals surface area contributed by atoms with Gasteiger partial charge in [-0.1, -0.05) is 20.8 Å². The molecule has 6 heteroatoms.